The summed E-state index contributed by atoms with van der Waals surface area (Å²) in [6.45, 7) is 1.72. The first-order valence-corrected chi connectivity index (χ1v) is 6.69. The summed E-state index contributed by atoms with van der Waals surface area (Å²) in [4.78, 5) is 0. The molecule has 0 amide bonds. The molecule has 2 N–H and O–H groups in total. The Morgan fingerprint density at radius 2 is 1.55 bits per heavy atom. The van der Waals surface area contributed by atoms with Crippen molar-refractivity contribution in [3.05, 3.63) is 70.8 Å². The van der Waals surface area contributed by atoms with Crippen molar-refractivity contribution in [2.45, 2.75) is 25.6 Å². The van der Waals surface area contributed by atoms with Gasteiger partial charge in [0.05, 0.1) is 6.10 Å². The van der Waals surface area contributed by atoms with E-state index in [1.54, 1.807) is 6.92 Å². The number of aliphatic hydroxyl groups is 1. The van der Waals surface area contributed by atoms with Gasteiger partial charge in [0.1, 0.15) is 5.82 Å². The molecule has 0 aliphatic heterocycles. The molecule has 0 bridgehead atoms. The second-order valence-electron chi connectivity index (χ2n) is 5.04. The van der Waals surface area contributed by atoms with Crippen LogP contribution in [-0.2, 0) is 6.54 Å². The van der Waals surface area contributed by atoms with Crippen molar-refractivity contribution < 1.29 is 22.7 Å². The molecule has 0 aliphatic rings. The van der Waals surface area contributed by atoms with Crippen molar-refractivity contribution in [1.82, 2.24) is 5.32 Å². The van der Waals surface area contributed by atoms with Gasteiger partial charge in [-0.05, 0) is 42.3 Å². The van der Waals surface area contributed by atoms with Crippen LogP contribution in [0.3, 0.4) is 0 Å². The molecule has 2 rings (SSSR count). The van der Waals surface area contributed by atoms with E-state index in [-0.39, 0.29) is 12.1 Å². The van der Waals surface area contributed by atoms with E-state index in [0.29, 0.717) is 5.56 Å². The summed E-state index contributed by atoms with van der Waals surface area (Å²) in [5.74, 6) is -4.44. The van der Waals surface area contributed by atoms with Crippen molar-refractivity contribution in [2.24, 2.45) is 0 Å². The fourth-order valence-electron chi connectivity index (χ4n) is 2.05. The SMILES string of the molecule is CC(NCc1cc(F)c(F)c(F)c1)C(O)c1ccc(F)cc1. The Morgan fingerprint density at radius 3 is 2.09 bits per heavy atom. The molecular weight excluding hydrogens is 298 g/mol. The molecule has 2 atom stereocenters. The van der Waals surface area contributed by atoms with E-state index in [9.17, 15) is 22.7 Å². The summed E-state index contributed by atoms with van der Waals surface area (Å²) in [5.41, 5.74) is 0.729. The van der Waals surface area contributed by atoms with Crippen molar-refractivity contribution in [1.29, 1.82) is 0 Å². The lowest BCUT2D eigenvalue weighted by atomic mass is 10.0. The van der Waals surface area contributed by atoms with Gasteiger partial charge < -0.3 is 10.4 Å². The summed E-state index contributed by atoms with van der Waals surface area (Å²) in [6.07, 6.45) is -0.921. The minimum atomic E-state index is -1.51. The van der Waals surface area contributed by atoms with Gasteiger partial charge >= 0.3 is 0 Å². The van der Waals surface area contributed by atoms with Gasteiger partial charge in [0.25, 0.3) is 0 Å². The number of benzene rings is 2. The highest BCUT2D eigenvalue weighted by Gasteiger charge is 2.17. The van der Waals surface area contributed by atoms with Gasteiger partial charge in [0.15, 0.2) is 17.5 Å². The second kappa shape index (κ2) is 6.89. The lowest BCUT2D eigenvalue weighted by molar-refractivity contribution is 0.135. The van der Waals surface area contributed by atoms with Gasteiger partial charge in [-0.3, -0.25) is 0 Å². The van der Waals surface area contributed by atoms with Crippen LogP contribution in [0.4, 0.5) is 17.6 Å². The number of halogens is 4. The number of nitrogens with one attached hydrogen (secondary N) is 1. The molecule has 0 aromatic heterocycles. The van der Waals surface area contributed by atoms with Crippen molar-refractivity contribution in [2.75, 3.05) is 0 Å². The van der Waals surface area contributed by atoms with Crippen LogP contribution in [0.1, 0.15) is 24.2 Å². The summed E-state index contributed by atoms with van der Waals surface area (Å²) >= 11 is 0. The Kier molecular flexibility index (Phi) is 5.15. The normalized spacial score (nSPS) is 13.9. The molecule has 0 saturated heterocycles. The standard InChI is InChI=1S/C16H15F4NO/c1-9(16(22)11-2-4-12(17)5-3-11)21-8-10-6-13(18)15(20)14(19)7-10/h2-7,9,16,21-22H,8H2,1H3. The van der Waals surface area contributed by atoms with Crippen molar-refractivity contribution in [3.8, 4) is 0 Å². The maximum absolute atomic E-state index is 13.1. The highest BCUT2D eigenvalue weighted by Crippen LogP contribution is 2.18. The van der Waals surface area contributed by atoms with Crippen LogP contribution >= 0.6 is 0 Å². The van der Waals surface area contributed by atoms with Crippen LogP contribution in [0.2, 0.25) is 0 Å². The smallest absolute Gasteiger partial charge is 0.194 e. The van der Waals surface area contributed by atoms with Gasteiger partial charge in [-0.1, -0.05) is 12.1 Å². The zero-order chi connectivity index (χ0) is 16.3. The van der Waals surface area contributed by atoms with Crippen LogP contribution in [0.5, 0.6) is 0 Å². The summed E-state index contributed by atoms with van der Waals surface area (Å²) in [6, 6.07) is 6.70. The van der Waals surface area contributed by atoms with Crippen LogP contribution in [0, 0.1) is 23.3 Å². The monoisotopic (exact) mass is 313 g/mol. The van der Waals surface area contributed by atoms with E-state index in [1.807, 2.05) is 0 Å². The van der Waals surface area contributed by atoms with Crippen molar-refractivity contribution in [3.63, 3.8) is 0 Å². The lowest BCUT2D eigenvalue weighted by Gasteiger charge is -2.21. The van der Waals surface area contributed by atoms with Gasteiger partial charge in [-0.15, -0.1) is 0 Å². The predicted molar refractivity (Wildman–Crippen MR) is 74.0 cm³/mol. The predicted octanol–water partition coefficient (Wildman–Crippen LogP) is 3.45. The van der Waals surface area contributed by atoms with Crippen LogP contribution in [-0.4, -0.2) is 11.1 Å². The topological polar surface area (TPSA) is 32.3 Å². The van der Waals surface area contributed by atoms with E-state index in [1.165, 1.54) is 24.3 Å². The van der Waals surface area contributed by atoms with E-state index in [0.717, 1.165) is 12.1 Å². The first-order chi connectivity index (χ1) is 10.4. The summed E-state index contributed by atoms with van der Waals surface area (Å²) in [7, 11) is 0. The molecule has 0 saturated carbocycles. The third-order valence-corrected chi connectivity index (χ3v) is 3.36. The zero-order valence-corrected chi connectivity index (χ0v) is 11.8. The van der Waals surface area contributed by atoms with Gasteiger partial charge in [0, 0.05) is 12.6 Å². The largest absolute Gasteiger partial charge is 0.387 e. The number of hydrogen-bond acceptors (Lipinski definition) is 2. The number of aliphatic hydroxyl groups excluding tert-OH is 1. The Morgan fingerprint density at radius 1 is 1.00 bits per heavy atom. The maximum Gasteiger partial charge on any atom is 0.194 e. The molecule has 6 heteroatoms. The average Bonchev–Trinajstić information content (AvgIpc) is 2.50. The molecule has 2 aromatic carbocycles. The molecule has 0 heterocycles. The fourth-order valence-corrected chi connectivity index (χ4v) is 2.05. The molecular formula is C16H15F4NO. The maximum atomic E-state index is 13.1. The molecule has 2 unspecified atom stereocenters. The third-order valence-electron chi connectivity index (χ3n) is 3.36. The minimum absolute atomic E-state index is 0.0491. The summed E-state index contributed by atoms with van der Waals surface area (Å²) in [5, 5.41) is 13.0. The van der Waals surface area contributed by atoms with Crippen LogP contribution in [0.15, 0.2) is 36.4 Å². The quantitative estimate of drug-likeness (QED) is 0.654. The Labute approximate surface area is 125 Å². The van der Waals surface area contributed by atoms with Gasteiger partial charge in [-0.25, -0.2) is 17.6 Å². The molecule has 0 spiro atoms. The highest BCUT2D eigenvalue weighted by atomic mass is 19.2. The van der Waals surface area contributed by atoms with Gasteiger partial charge in [0.2, 0.25) is 0 Å². The minimum Gasteiger partial charge on any atom is -0.387 e. The van der Waals surface area contributed by atoms with Gasteiger partial charge in [-0.2, -0.15) is 0 Å². The van der Waals surface area contributed by atoms with Crippen LogP contribution < -0.4 is 5.32 Å². The first-order valence-electron chi connectivity index (χ1n) is 6.69. The van der Waals surface area contributed by atoms with E-state index in [4.69, 9.17) is 0 Å². The van der Waals surface area contributed by atoms with E-state index >= 15 is 0 Å². The molecule has 0 radical (unpaired) electrons. The Balaban J connectivity index is 2.00. The molecule has 2 nitrogen and oxygen atoms in total. The first kappa shape index (κ1) is 16.5. The van der Waals surface area contributed by atoms with Crippen LogP contribution in [0.25, 0.3) is 0 Å². The molecule has 118 valence electrons. The van der Waals surface area contributed by atoms with E-state index < -0.39 is 35.4 Å². The molecule has 0 aliphatic carbocycles. The molecule has 0 fully saturated rings. The fraction of sp³-hybridized carbons (Fsp3) is 0.250. The molecule has 22 heavy (non-hydrogen) atoms. The highest BCUT2D eigenvalue weighted by molar-refractivity contribution is 5.21. The van der Waals surface area contributed by atoms with Crippen molar-refractivity contribution >= 4 is 0 Å². The Bertz CT molecular complexity index is 622. The van der Waals surface area contributed by atoms with E-state index in [2.05, 4.69) is 5.32 Å². The summed E-state index contributed by atoms with van der Waals surface area (Å²) < 4.78 is 51.9. The lowest BCUT2D eigenvalue weighted by Crippen LogP contribution is -2.31. The average molecular weight is 313 g/mol. The molecule has 2 aromatic rings. The second-order valence-corrected chi connectivity index (χ2v) is 5.04. The Hall–Kier alpha value is -1.92. The number of hydrogen-bond donors (Lipinski definition) is 2. The third kappa shape index (κ3) is 3.84. The zero-order valence-electron chi connectivity index (χ0n) is 11.8. The number of rotatable bonds is 5.